The Labute approximate surface area is 325 Å². The maximum Gasteiger partial charge on any atom is 0.164 e. The number of aromatic nitrogens is 3. The maximum atomic E-state index is 6.59. The van der Waals surface area contributed by atoms with Gasteiger partial charge in [-0.3, -0.25) is 0 Å². The number of hydrogen-bond donors (Lipinski definition) is 0. The van der Waals surface area contributed by atoms with Crippen molar-refractivity contribution >= 4 is 0 Å². The zero-order chi connectivity index (χ0) is 37.1. The zero-order valence-electron chi connectivity index (χ0n) is 30.3. The molecule has 0 radical (unpaired) electrons. The van der Waals surface area contributed by atoms with E-state index in [0.717, 1.165) is 61.6 Å². The van der Waals surface area contributed by atoms with Crippen LogP contribution in [0.25, 0.3) is 67.5 Å². The molecule has 56 heavy (non-hydrogen) atoms. The van der Waals surface area contributed by atoms with Crippen LogP contribution in [0.1, 0.15) is 22.3 Å². The first-order valence-electron chi connectivity index (χ1n) is 18.9. The molecule has 2 heterocycles. The number of benzene rings is 8. The highest BCUT2D eigenvalue weighted by atomic mass is 16.5. The van der Waals surface area contributed by atoms with Crippen LogP contribution < -0.4 is 4.74 Å². The lowest BCUT2D eigenvalue weighted by Gasteiger charge is -2.39. The molecule has 0 bridgehead atoms. The Morgan fingerprint density at radius 2 is 0.714 bits per heavy atom. The van der Waals surface area contributed by atoms with E-state index in [1.807, 2.05) is 42.5 Å². The molecule has 9 aromatic rings. The lowest BCUT2D eigenvalue weighted by Crippen LogP contribution is -2.32. The van der Waals surface area contributed by atoms with Crippen molar-refractivity contribution in [1.82, 2.24) is 15.0 Å². The zero-order valence-corrected chi connectivity index (χ0v) is 30.3. The average molecular weight is 716 g/mol. The maximum absolute atomic E-state index is 6.59. The summed E-state index contributed by atoms with van der Waals surface area (Å²) >= 11 is 0. The Hall–Kier alpha value is -7.43. The number of para-hydroxylation sites is 2. The molecular formula is C52H33N3O. The average Bonchev–Trinajstić information content (AvgIpc) is 3.57. The van der Waals surface area contributed by atoms with Crippen molar-refractivity contribution in [1.29, 1.82) is 0 Å². The van der Waals surface area contributed by atoms with Crippen LogP contribution in [0.2, 0.25) is 0 Å². The number of rotatable bonds is 5. The van der Waals surface area contributed by atoms with Crippen molar-refractivity contribution in [3.05, 3.63) is 222 Å². The second-order valence-electron chi connectivity index (χ2n) is 14.4. The number of nitrogens with zero attached hydrogens (tertiary/aromatic N) is 3. The van der Waals surface area contributed by atoms with Crippen molar-refractivity contribution in [2.45, 2.75) is 5.41 Å². The minimum Gasteiger partial charge on any atom is -0.457 e. The van der Waals surface area contributed by atoms with Gasteiger partial charge in [-0.05, 0) is 80.9 Å². The van der Waals surface area contributed by atoms with Gasteiger partial charge in [0.15, 0.2) is 17.5 Å². The molecule has 0 unspecified atom stereocenters. The van der Waals surface area contributed by atoms with Crippen LogP contribution in [0.5, 0.6) is 11.5 Å². The predicted molar refractivity (Wildman–Crippen MR) is 224 cm³/mol. The molecule has 1 spiro atoms. The molecule has 0 saturated heterocycles. The van der Waals surface area contributed by atoms with Gasteiger partial charge in [-0.1, -0.05) is 164 Å². The highest BCUT2D eigenvalue weighted by molar-refractivity contribution is 5.90. The summed E-state index contributed by atoms with van der Waals surface area (Å²) in [5.41, 5.74) is 13.7. The summed E-state index contributed by atoms with van der Waals surface area (Å²) in [7, 11) is 0. The van der Waals surface area contributed by atoms with Crippen LogP contribution in [0.3, 0.4) is 0 Å². The molecule has 1 aromatic heterocycles. The summed E-state index contributed by atoms with van der Waals surface area (Å²) in [6, 6.07) is 70.2. The third-order valence-corrected chi connectivity index (χ3v) is 11.2. The smallest absolute Gasteiger partial charge is 0.164 e. The van der Waals surface area contributed by atoms with Gasteiger partial charge in [-0.15, -0.1) is 0 Å². The van der Waals surface area contributed by atoms with Gasteiger partial charge >= 0.3 is 0 Å². The normalized spacial score (nSPS) is 12.9. The number of hydrogen-bond acceptors (Lipinski definition) is 4. The molecule has 8 aromatic carbocycles. The Kier molecular flexibility index (Phi) is 7.36. The topological polar surface area (TPSA) is 47.9 Å². The summed E-state index contributed by atoms with van der Waals surface area (Å²) in [4.78, 5) is 15.7. The highest BCUT2D eigenvalue weighted by Gasteiger charge is 2.51. The summed E-state index contributed by atoms with van der Waals surface area (Å²) in [5.74, 6) is 3.57. The fourth-order valence-electron chi connectivity index (χ4n) is 8.69. The Balaban J connectivity index is 1.16. The lowest BCUT2D eigenvalue weighted by atomic mass is 9.66. The van der Waals surface area contributed by atoms with Crippen molar-refractivity contribution in [2.75, 3.05) is 0 Å². The Bertz CT molecular complexity index is 2840. The van der Waals surface area contributed by atoms with E-state index >= 15 is 0 Å². The summed E-state index contributed by atoms with van der Waals surface area (Å²) in [6.45, 7) is 0. The monoisotopic (exact) mass is 715 g/mol. The summed E-state index contributed by atoms with van der Waals surface area (Å²) in [6.07, 6.45) is 0. The molecule has 1 aliphatic carbocycles. The minimum atomic E-state index is -0.597. The number of fused-ring (bicyclic) bond motifs is 9. The Morgan fingerprint density at radius 3 is 1.30 bits per heavy atom. The van der Waals surface area contributed by atoms with Crippen LogP contribution in [-0.4, -0.2) is 15.0 Å². The Morgan fingerprint density at radius 1 is 0.286 bits per heavy atom. The van der Waals surface area contributed by atoms with Gasteiger partial charge in [0, 0.05) is 27.8 Å². The third kappa shape index (κ3) is 5.04. The predicted octanol–water partition coefficient (Wildman–Crippen LogP) is 12.7. The molecule has 0 atom stereocenters. The molecule has 0 saturated carbocycles. The molecule has 4 nitrogen and oxygen atoms in total. The van der Waals surface area contributed by atoms with E-state index in [-0.39, 0.29) is 0 Å². The summed E-state index contributed by atoms with van der Waals surface area (Å²) in [5, 5.41) is 0. The molecule has 262 valence electrons. The first-order chi connectivity index (χ1) is 27.7. The fraction of sp³-hybridized carbons (Fsp3) is 0.0192. The standard InChI is InChI=1S/C52H33N3O/c1-4-16-34(17-5-1)38-30-39(35-18-6-2-7-19-35)32-40(31-38)51-54-49(36-20-8-3-9-21-36)53-50(55-51)37-28-29-42-41-22-10-11-23-43(41)52(46(42)33-37)44-24-12-14-26-47(44)56-48-27-15-13-25-45(48)52/h1-33H. The van der Waals surface area contributed by atoms with E-state index in [1.54, 1.807) is 0 Å². The van der Waals surface area contributed by atoms with Gasteiger partial charge in [0.2, 0.25) is 0 Å². The van der Waals surface area contributed by atoms with Crippen LogP contribution >= 0.6 is 0 Å². The second-order valence-corrected chi connectivity index (χ2v) is 14.4. The minimum absolute atomic E-state index is 0.597. The molecule has 0 amide bonds. The SMILES string of the molecule is c1ccc(-c2cc(-c3ccccc3)cc(-c3nc(-c4ccccc4)nc(-c4ccc5c(c4)C4(c6ccccc6Oc6ccccc64)c4ccccc4-5)n3)c2)cc1. The van der Waals surface area contributed by atoms with Gasteiger partial charge in [0.25, 0.3) is 0 Å². The van der Waals surface area contributed by atoms with E-state index in [2.05, 4.69) is 158 Å². The van der Waals surface area contributed by atoms with E-state index in [9.17, 15) is 0 Å². The van der Waals surface area contributed by atoms with Crippen molar-refractivity contribution < 1.29 is 4.74 Å². The van der Waals surface area contributed by atoms with Crippen molar-refractivity contribution in [3.8, 4) is 79.0 Å². The van der Waals surface area contributed by atoms with E-state index in [4.69, 9.17) is 19.7 Å². The van der Waals surface area contributed by atoms with E-state index in [1.165, 1.54) is 22.3 Å². The highest BCUT2D eigenvalue weighted by Crippen LogP contribution is 2.62. The largest absolute Gasteiger partial charge is 0.457 e. The summed E-state index contributed by atoms with van der Waals surface area (Å²) < 4.78 is 6.59. The fourth-order valence-corrected chi connectivity index (χ4v) is 8.69. The molecule has 4 heteroatoms. The van der Waals surface area contributed by atoms with Crippen LogP contribution in [-0.2, 0) is 5.41 Å². The van der Waals surface area contributed by atoms with Gasteiger partial charge in [-0.25, -0.2) is 15.0 Å². The number of ether oxygens (including phenoxy) is 1. The van der Waals surface area contributed by atoms with Crippen molar-refractivity contribution in [3.63, 3.8) is 0 Å². The van der Waals surface area contributed by atoms with Crippen LogP contribution in [0.15, 0.2) is 200 Å². The van der Waals surface area contributed by atoms with Gasteiger partial charge in [0.1, 0.15) is 11.5 Å². The molecule has 2 aliphatic rings. The quantitative estimate of drug-likeness (QED) is 0.178. The van der Waals surface area contributed by atoms with E-state index in [0.29, 0.717) is 17.5 Å². The lowest BCUT2D eigenvalue weighted by molar-refractivity contribution is 0.436. The molecule has 11 rings (SSSR count). The van der Waals surface area contributed by atoms with Gasteiger partial charge in [-0.2, -0.15) is 0 Å². The molecule has 1 aliphatic heterocycles. The third-order valence-electron chi connectivity index (χ3n) is 11.2. The van der Waals surface area contributed by atoms with Crippen LogP contribution in [0.4, 0.5) is 0 Å². The van der Waals surface area contributed by atoms with Gasteiger partial charge < -0.3 is 4.74 Å². The second kappa shape index (κ2) is 12.9. The first kappa shape index (κ1) is 32.0. The van der Waals surface area contributed by atoms with E-state index < -0.39 is 5.41 Å². The molecular weight excluding hydrogens is 683 g/mol. The molecule has 0 N–H and O–H groups in total. The van der Waals surface area contributed by atoms with Gasteiger partial charge in [0.05, 0.1) is 5.41 Å². The van der Waals surface area contributed by atoms with Crippen molar-refractivity contribution in [2.24, 2.45) is 0 Å². The van der Waals surface area contributed by atoms with Crippen LogP contribution in [0, 0.1) is 0 Å². The first-order valence-corrected chi connectivity index (χ1v) is 18.9. The molecule has 0 fully saturated rings.